The van der Waals surface area contributed by atoms with Crippen LogP contribution in [-0.4, -0.2) is 30.8 Å². The molecule has 0 saturated carbocycles. The second-order valence-corrected chi connectivity index (χ2v) is 5.83. The number of benzene rings is 1. The van der Waals surface area contributed by atoms with Gasteiger partial charge >= 0.3 is 0 Å². The molecule has 0 bridgehead atoms. The SMILES string of the molecule is Cc1ccc(NCC(=O)NNC(=O)CNC(=O)c2cc(C)oc2C)cc1. The summed E-state index contributed by atoms with van der Waals surface area (Å²) in [6, 6.07) is 9.16. The monoisotopic (exact) mass is 358 g/mol. The third-order valence-electron chi connectivity index (χ3n) is 3.54. The first-order valence-electron chi connectivity index (χ1n) is 8.08. The molecule has 0 saturated heterocycles. The summed E-state index contributed by atoms with van der Waals surface area (Å²) in [7, 11) is 0. The summed E-state index contributed by atoms with van der Waals surface area (Å²) in [5, 5.41) is 5.39. The topological polar surface area (TPSA) is 112 Å². The third kappa shape index (κ3) is 5.66. The van der Waals surface area contributed by atoms with Gasteiger partial charge in [0.25, 0.3) is 17.7 Å². The lowest BCUT2D eigenvalue weighted by Crippen LogP contribution is -2.48. The van der Waals surface area contributed by atoms with Gasteiger partial charge in [-0.25, -0.2) is 0 Å². The molecule has 4 N–H and O–H groups in total. The largest absolute Gasteiger partial charge is 0.466 e. The minimum Gasteiger partial charge on any atom is -0.466 e. The zero-order chi connectivity index (χ0) is 19.1. The van der Waals surface area contributed by atoms with Crippen molar-refractivity contribution in [1.29, 1.82) is 0 Å². The summed E-state index contributed by atoms with van der Waals surface area (Å²) in [5.74, 6) is -0.269. The van der Waals surface area contributed by atoms with Gasteiger partial charge in [0, 0.05) is 5.69 Å². The van der Waals surface area contributed by atoms with E-state index < -0.39 is 17.7 Å². The predicted octanol–water partition coefficient (Wildman–Crippen LogP) is 1.19. The number of furan rings is 1. The highest BCUT2D eigenvalue weighted by Gasteiger charge is 2.14. The molecule has 0 unspecified atom stereocenters. The van der Waals surface area contributed by atoms with Gasteiger partial charge in [0.05, 0.1) is 18.7 Å². The predicted molar refractivity (Wildman–Crippen MR) is 96.5 cm³/mol. The fourth-order valence-electron chi connectivity index (χ4n) is 2.19. The molecule has 0 radical (unpaired) electrons. The van der Waals surface area contributed by atoms with E-state index in [2.05, 4.69) is 21.5 Å². The van der Waals surface area contributed by atoms with Gasteiger partial charge in [0.15, 0.2) is 0 Å². The minimum absolute atomic E-state index is 0.00317. The second-order valence-electron chi connectivity index (χ2n) is 5.83. The molecular formula is C18H22N4O4. The van der Waals surface area contributed by atoms with Crippen molar-refractivity contribution in [2.75, 3.05) is 18.4 Å². The maximum Gasteiger partial charge on any atom is 0.257 e. The van der Waals surface area contributed by atoms with E-state index in [0.29, 0.717) is 17.1 Å². The molecule has 138 valence electrons. The maximum atomic E-state index is 12.0. The highest BCUT2D eigenvalue weighted by molar-refractivity contribution is 5.97. The molecule has 3 amide bonds. The van der Waals surface area contributed by atoms with Crippen molar-refractivity contribution < 1.29 is 18.8 Å². The van der Waals surface area contributed by atoms with E-state index in [9.17, 15) is 14.4 Å². The Morgan fingerprint density at radius 3 is 2.12 bits per heavy atom. The number of aryl methyl sites for hydroxylation is 3. The quantitative estimate of drug-likeness (QED) is 0.580. The molecule has 0 aliphatic rings. The molecular weight excluding hydrogens is 336 g/mol. The van der Waals surface area contributed by atoms with Gasteiger partial charge in [-0.3, -0.25) is 25.2 Å². The van der Waals surface area contributed by atoms with E-state index in [4.69, 9.17) is 4.42 Å². The number of anilines is 1. The molecule has 26 heavy (non-hydrogen) atoms. The number of hydrogen-bond donors (Lipinski definition) is 4. The molecule has 0 aliphatic carbocycles. The van der Waals surface area contributed by atoms with Gasteiger partial charge in [-0.05, 0) is 39.0 Å². The van der Waals surface area contributed by atoms with Crippen molar-refractivity contribution in [1.82, 2.24) is 16.2 Å². The van der Waals surface area contributed by atoms with E-state index in [1.165, 1.54) is 0 Å². The van der Waals surface area contributed by atoms with Crippen LogP contribution in [0.5, 0.6) is 0 Å². The Balaban J connectivity index is 1.67. The Bertz CT molecular complexity index is 796. The summed E-state index contributed by atoms with van der Waals surface area (Å²) in [6.45, 7) is 5.11. The number of rotatable bonds is 6. The molecule has 0 spiro atoms. The average Bonchev–Trinajstić information content (AvgIpc) is 2.95. The van der Waals surface area contributed by atoms with E-state index in [-0.39, 0.29) is 13.1 Å². The first-order valence-corrected chi connectivity index (χ1v) is 8.08. The molecule has 2 aromatic rings. The summed E-state index contributed by atoms with van der Waals surface area (Å²) >= 11 is 0. The van der Waals surface area contributed by atoms with Crippen molar-refractivity contribution in [2.45, 2.75) is 20.8 Å². The summed E-state index contributed by atoms with van der Waals surface area (Å²) in [6.07, 6.45) is 0. The molecule has 1 heterocycles. The Hall–Kier alpha value is -3.29. The van der Waals surface area contributed by atoms with Crippen LogP contribution in [0.3, 0.4) is 0 Å². The van der Waals surface area contributed by atoms with E-state index in [0.717, 1.165) is 11.3 Å². The van der Waals surface area contributed by atoms with Crippen LogP contribution in [0.15, 0.2) is 34.7 Å². The molecule has 0 fully saturated rings. The number of carbonyl (C=O) groups excluding carboxylic acids is 3. The number of amides is 3. The van der Waals surface area contributed by atoms with Gasteiger partial charge in [0.2, 0.25) is 0 Å². The van der Waals surface area contributed by atoms with Gasteiger partial charge < -0.3 is 15.1 Å². The summed E-state index contributed by atoms with van der Waals surface area (Å²) in [4.78, 5) is 35.4. The number of hydrogen-bond acceptors (Lipinski definition) is 5. The Morgan fingerprint density at radius 2 is 1.54 bits per heavy atom. The minimum atomic E-state index is -0.542. The maximum absolute atomic E-state index is 12.0. The summed E-state index contributed by atoms with van der Waals surface area (Å²) in [5.41, 5.74) is 6.81. The standard InChI is InChI=1S/C18H22N4O4/c1-11-4-6-14(7-5-11)19-9-16(23)21-22-17(24)10-20-18(25)15-8-12(2)26-13(15)3/h4-8,19H,9-10H2,1-3H3,(H,20,25)(H,21,23)(H,22,24). The molecule has 8 nitrogen and oxygen atoms in total. The lowest BCUT2D eigenvalue weighted by Gasteiger charge is -2.10. The summed E-state index contributed by atoms with van der Waals surface area (Å²) < 4.78 is 5.27. The number of hydrazine groups is 1. The van der Waals surface area contributed by atoms with E-state index >= 15 is 0 Å². The zero-order valence-corrected chi connectivity index (χ0v) is 14.9. The fraction of sp³-hybridized carbons (Fsp3) is 0.278. The molecule has 1 aromatic heterocycles. The highest BCUT2D eigenvalue weighted by Crippen LogP contribution is 2.13. The van der Waals surface area contributed by atoms with Gasteiger partial charge in [-0.1, -0.05) is 17.7 Å². The molecule has 0 aliphatic heterocycles. The van der Waals surface area contributed by atoms with E-state index in [1.807, 2.05) is 31.2 Å². The average molecular weight is 358 g/mol. The third-order valence-corrected chi connectivity index (χ3v) is 3.54. The highest BCUT2D eigenvalue weighted by atomic mass is 16.3. The van der Waals surface area contributed by atoms with Crippen LogP contribution in [-0.2, 0) is 9.59 Å². The fourth-order valence-corrected chi connectivity index (χ4v) is 2.19. The van der Waals surface area contributed by atoms with Crippen LogP contribution in [0, 0.1) is 20.8 Å². The number of carbonyl (C=O) groups is 3. The van der Waals surface area contributed by atoms with Crippen LogP contribution in [0.25, 0.3) is 0 Å². The first-order chi connectivity index (χ1) is 12.3. The van der Waals surface area contributed by atoms with Crippen LogP contribution in [0.2, 0.25) is 0 Å². The molecule has 1 aromatic carbocycles. The first kappa shape index (κ1) is 19.0. The molecule has 0 atom stereocenters. The van der Waals surface area contributed by atoms with E-state index in [1.54, 1.807) is 19.9 Å². The van der Waals surface area contributed by atoms with Crippen LogP contribution in [0.1, 0.15) is 27.4 Å². The Morgan fingerprint density at radius 1 is 0.923 bits per heavy atom. The number of nitrogens with one attached hydrogen (secondary N) is 4. The van der Waals surface area contributed by atoms with Crippen molar-refractivity contribution in [3.05, 3.63) is 53.0 Å². The van der Waals surface area contributed by atoms with Crippen LogP contribution < -0.4 is 21.5 Å². The Kier molecular flexibility index (Phi) is 6.37. The van der Waals surface area contributed by atoms with Crippen molar-refractivity contribution in [2.24, 2.45) is 0 Å². The normalized spacial score (nSPS) is 10.1. The van der Waals surface area contributed by atoms with Crippen molar-refractivity contribution >= 4 is 23.4 Å². The van der Waals surface area contributed by atoms with Crippen LogP contribution in [0.4, 0.5) is 5.69 Å². The lowest BCUT2D eigenvalue weighted by atomic mass is 10.2. The smallest absolute Gasteiger partial charge is 0.257 e. The molecule has 2 rings (SSSR count). The Labute approximate surface area is 151 Å². The van der Waals surface area contributed by atoms with Crippen molar-refractivity contribution in [3.8, 4) is 0 Å². The lowest BCUT2D eigenvalue weighted by molar-refractivity contribution is -0.127. The van der Waals surface area contributed by atoms with Crippen LogP contribution >= 0.6 is 0 Å². The second kappa shape index (κ2) is 8.70. The van der Waals surface area contributed by atoms with Gasteiger partial charge in [-0.2, -0.15) is 0 Å². The zero-order valence-electron chi connectivity index (χ0n) is 14.9. The molecule has 8 heteroatoms. The van der Waals surface area contributed by atoms with Crippen molar-refractivity contribution in [3.63, 3.8) is 0 Å². The van der Waals surface area contributed by atoms with Gasteiger partial charge in [-0.15, -0.1) is 0 Å². The van der Waals surface area contributed by atoms with Gasteiger partial charge in [0.1, 0.15) is 11.5 Å².